The number of hydrogen-bond donors (Lipinski definition) is 2. The molecule has 0 radical (unpaired) electrons. The monoisotopic (exact) mass is 460 g/mol. The Morgan fingerprint density at radius 1 is 1.22 bits per heavy atom. The van der Waals surface area contributed by atoms with E-state index >= 15 is 0 Å². The number of rotatable bonds is 6. The summed E-state index contributed by atoms with van der Waals surface area (Å²) < 4.78 is 42.4. The third-order valence-corrected chi connectivity index (χ3v) is 6.74. The van der Waals surface area contributed by atoms with Gasteiger partial charge in [0.15, 0.2) is 5.03 Å². The minimum atomic E-state index is -4.06. The molecular weight excluding hydrogens is 435 g/mol. The number of carboxylic acid groups (broad SMARTS) is 1. The average Bonchev–Trinajstić information content (AvgIpc) is 3.11. The zero-order valence-electron chi connectivity index (χ0n) is 18.2. The van der Waals surface area contributed by atoms with Crippen molar-refractivity contribution in [1.82, 2.24) is 20.1 Å². The lowest BCUT2D eigenvalue weighted by Crippen LogP contribution is -2.44. The molecule has 2 N–H and O–H groups in total. The number of halogens is 1. The van der Waals surface area contributed by atoms with E-state index in [9.17, 15) is 22.7 Å². The van der Waals surface area contributed by atoms with E-state index in [4.69, 9.17) is 0 Å². The van der Waals surface area contributed by atoms with Gasteiger partial charge in [0.25, 0.3) is 0 Å². The number of carbonyl (C=O) groups is 1. The van der Waals surface area contributed by atoms with Crippen LogP contribution in [0, 0.1) is 18.3 Å². The number of aromatic nitrogens is 3. The van der Waals surface area contributed by atoms with Crippen molar-refractivity contribution in [2.45, 2.75) is 50.1 Å². The molecule has 170 valence electrons. The maximum atomic E-state index is 14.5. The van der Waals surface area contributed by atoms with Gasteiger partial charge in [0, 0.05) is 18.7 Å². The first-order valence-corrected chi connectivity index (χ1v) is 11.4. The Hall–Kier alpha value is -3.27. The van der Waals surface area contributed by atoms with Crippen molar-refractivity contribution < 1.29 is 22.7 Å². The number of hydrogen-bond acceptors (Lipinski definition) is 5. The molecule has 1 aromatic carbocycles. The van der Waals surface area contributed by atoms with Crippen molar-refractivity contribution in [3.05, 3.63) is 65.9 Å². The molecule has 0 aliphatic heterocycles. The van der Waals surface area contributed by atoms with Crippen LogP contribution in [0.25, 0.3) is 5.69 Å². The highest BCUT2D eigenvalue weighted by Crippen LogP contribution is 2.28. The van der Waals surface area contributed by atoms with Gasteiger partial charge in [-0.05, 0) is 48.2 Å². The van der Waals surface area contributed by atoms with Crippen molar-refractivity contribution in [1.29, 1.82) is 0 Å². The molecule has 1 amide bonds. The van der Waals surface area contributed by atoms with Gasteiger partial charge in [-0.1, -0.05) is 32.9 Å². The minimum Gasteiger partial charge on any atom is -0.465 e. The van der Waals surface area contributed by atoms with Crippen LogP contribution in [-0.2, 0) is 16.3 Å². The number of nitrogens with zero attached hydrogens (tertiary/aromatic N) is 3. The second-order valence-corrected chi connectivity index (χ2v) is 10.5. The van der Waals surface area contributed by atoms with Gasteiger partial charge in [-0.15, -0.1) is 0 Å². The summed E-state index contributed by atoms with van der Waals surface area (Å²) in [5.41, 5.74) is 0.456. The van der Waals surface area contributed by atoms with Gasteiger partial charge >= 0.3 is 6.09 Å². The minimum absolute atomic E-state index is 0.0468. The largest absolute Gasteiger partial charge is 0.465 e. The lowest BCUT2D eigenvalue weighted by molar-refractivity contribution is 0.174. The highest BCUT2D eigenvalue weighted by Gasteiger charge is 2.31. The Bertz CT molecular complexity index is 1250. The number of benzene rings is 1. The molecule has 0 bridgehead atoms. The van der Waals surface area contributed by atoms with Crippen LogP contribution in [0.5, 0.6) is 0 Å². The van der Waals surface area contributed by atoms with Crippen molar-refractivity contribution in [2.75, 3.05) is 0 Å². The standard InChI is InChI=1S/C22H25FN4O4S/c1-14-7-5-8-16(11-14)32(30,31)19-13-15(12-18(22(2,3)4)25-21(28)29)26-27(19)17-9-6-10-24-20(17)23/h5-11,13,18,25H,12H2,1-4H3,(H,28,29). The summed E-state index contributed by atoms with van der Waals surface area (Å²) in [7, 11) is -4.06. The lowest BCUT2D eigenvalue weighted by atomic mass is 9.84. The molecule has 1 atom stereocenters. The van der Waals surface area contributed by atoms with Gasteiger partial charge in [-0.25, -0.2) is 22.9 Å². The smallest absolute Gasteiger partial charge is 0.404 e. The molecule has 3 aromatic rings. The molecule has 3 rings (SSSR count). The summed E-state index contributed by atoms with van der Waals surface area (Å²) in [6.45, 7) is 7.34. The highest BCUT2D eigenvalue weighted by molar-refractivity contribution is 7.91. The summed E-state index contributed by atoms with van der Waals surface area (Å²) in [6.07, 6.45) is 0.168. The van der Waals surface area contributed by atoms with E-state index in [2.05, 4.69) is 15.4 Å². The molecule has 0 aliphatic rings. The van der Waals surface area contributed by atoms with E-state index in [-0.39, 0.29) is 22.0 Å². The van der Waals surface area contributed by atoms with Crippen molar-refractivity contribution in [2.24, 2.45) is 5.41 Å². The van der Waals surface area contributed by atoms with Crippen LogP contribution < -0.4 is 5.32 Å². The van der Waals surface area contributed by atoms with Gasteiger partial charge in [0.05, 0.1) is 10.6 Å². The summed E-state index contributed by atoms with van der Waals surface area (Å²) >= 11 is 0. The van der Waals surface area contributed by atoms with Crippen LogP contribution in [0.15, 0.2) is 58.6 Å². The number of amides is 1. The van der Waals surface area contributed by atoms with Gasteiger partial charge in [0.1, 0.15) is 5.69 Å². The fraction of sp³-hybridized carbons (Fsp3) is 0.318. The SMILES string of the molecule is Cc1cccc(S(=O)(=O)c2cc(CC(NC(=O)O)C(C)(C)C)nn2-c2cccnc2F)c1. The summed E-state index contributed by atoms with van der Waals surface area (Å²) in [5.74, 6) is -0.876. The topological polar surface area (TPSA) is 114 Å². The molecule has 8 nitrogen and oxygen atoms in total. The third-order valence-electron chi connectivity index (χ3n) is 5.03. The quantitative estimate of drug-likeness (QED) is 0.541. The fourth-order valence-electron chi connectivity index (χ4n) is 3.24. The summed E-state index contributed by atoms with van der Waals surface area (Å²) in [6, 6.07) is 10.0. The average molecular weight is 461 g/mol. The van der Waals surface area contributed by atoms with Crippen molar-refractivity contribution in [3.8, 4) is 5.69 Å². The lowest BCUT2D eigenvalue weighted by Gasteiger charge is -2.29. The zero-order valence-corrected chi connectivity index (χ0v) is 19.0. The van der Waals surface area contributed by atoms with Crippen molar-refractivity contribution in [3.63, 3.8) is 0 Å². The van der Waals surface area contributed by atoms with Crippen LogP contribution in [0.2, 0.25) is 0 Å². The Morgan fingerprint density at radius 3 is 2.53 bits per heavy atom. The normalized spacial score (nSPS) is 13.0. The number of nitrogens with one attached hydrogen (secondary N) is 1. The zero-order chi connectivity index (χ0) is 23.7. The summed E-state index contributed by atoms with van der Waals surface area (Å²) in [5, 5.41) is 15.8. The highest BCUT2D eigenvalue weighted by atomic mass is 32.2. The second kappa shape index (κ2) is 8.70. The molecule has 0 spiro atoms. The predicted molar refractivity (Wildman–Crippen MR) is 116 cm³/mol. The molecule has 0 saturated heterocycles. The van der Waals surface area contributed by atoms with Crippen LogP contribution in [-0.4, -0.2) is 40.4 Å². The predicted octanol–water partition coefficient (Wildman–Crippen LogP) is 3.77. The van der Waals surface area contributed by atoms with E-state index in [0.717, 1.165) is 10.2 Å². The van der Waals surface area contributed by atoms with Crippen LogP contribution in [0.4, 0.5) is 9.18 Å². The van der Waals surface area contributed by atoms with E-state index in [1.165, 1.54) is 36.5 Å². The first-order valence-electron chi connectivity index (χ1n) is 9.90. The van der Waals surface area contributed by atoms with Crippen LogP contribution >= 0.6 is 0 Å². The van der Waals surface area contributed by atoms with E-state index in [1.54, 1.807) is 19.1 Å². The number of aryl methyl sites for hydroxylation is 1. The van der Waals surface area contributed by atoms with Gasteiger partial charge < -0.3 is 10.4 Å². The Morgan fingerprint density at radius 2 is 1.94 bits per heavy atom. The summed E-state index contributed by atoms with van der Waals surface area (Å²) in [4.78, 5) is 14.9. The third kappa shape index (κ3) is 4.96. The number of sulfone groups is 1. The Kier molecular flexibility index (Phi) is 6.36. The molecule has 2 heterocycles. The van der Waals surface area contributed by atoms with Crippen molar-refractivity contribution >= 4 is 15.9 Å². The van der Waals surface area contributed by atoms with Crippen LogP contribution in [0.1, 0.15) is 32.0 Å². The molecule has 0 aliphatic carbocycles. The fourth-order valence-corrected chi connectivity index (χ4v) is 4.74. The Labute approximate surface area is 186 Å². The van der Waals surface area contributed by atoms with E-state index in [1.807, 2.05) is 20.8 Å². The van der Waals surface area contributed by atoms with E-state index in [0.29, 0.717) is 5.69 Å². The number of pyridine rings is 1. The molecule has 0 fully saturated rings. The molecule has 10 heteroatoms. The first kappa shape index (κ1) is 23.4. The van der Waals surface area contributed by atoms with Gasteiger partial charge in [-0.2, -0.15) is 9.49 Å². The first-order chi connectivity index (χ1) is 14.9. The maximum absolute atomic E-state index is 14.5. The van der Waals surface area contributed by atoms with Crippen LogP contribution in [0.3, 0.4) is 0 Å². The Balaban J connectivity index is 2.17. The maximum Gasteiger partial charge on any atom is 0.404 e. The molecule has 32 heavy (non-hydrogen) atoms. The second-order valence-electron chi connectivity index (χ2n) is 8.59. The van der Waals surface area contributed by atoms with Gasteiger partial charge in [-0.3, -0.25) is 0 Å². The molecule has 1 unspecified atom stereocenters. The molecular formula is C22H25FN4O4S. The molecule has 2 aromatic heterocycles. The van der Waals surface area contributed by atoms with Gasteiger partial charge in [0.2, 0.25) is 15.8 Å². The van der Waals surface area contributed by atoms with E-state index < -0.39 is 33.3 Å². The molecule has 0 saturated carbocycles.